The van der Waals surface area contributed by atoms with Crippen molar-refractivity contribution in [3.8, 4) is 5.75 Å². The molecule has 1 aromatic rings. The molecule has 168 valence electrons. The molecular weight excluding hydrogens is 356 g/mol. The van der Waals surface area contributed by atoms with Gasteiger partial charge in [0.1, 0.15) is 5.75 Å². The number of hydrogen-bond donors (Lipinski definition) is 1. The normalized spacial score (nSPS) is 11.2. The number of rotatable bonds is 19. The van der Waals surface area contributed by atoms with Crippen LogP contribution in [0.4, 0.5) is 0 Å². The molecule has 0 aromatic heterocycles. The maximum Gasteiger partial charge on any atom is 0.122 e. The van der Waals surface area contributed by atoms with E-state index in [-0.39, 0.29) is 6.61 Å². The van der Waals surface area contributed by atoms with Crippen LogP contribution in [0.1, 0.15) is 126 Å². The van der Waals surface area contributed by atoms with E-state index in [0.29, 0.717) is 0 Å². The first-order valence-electron chi connectivity index (χ1n) is 12.5. The van der Waals surface area contributed by atoms with Gasteiger partial charge in [0.2, 0.25) is 0 Å². The second kappa shape index (κ2) is 17.8. The van der Waals surface area contributed by atoms with Crippen LogP contribution in [0, 0.1) is 13.8 Å². The third-order valence-corrected chi connectivity index (χ3v) is 6.12. The van der Waals surface area contributed by atoms with Crippen molar-refractivity contribution in [3.05, 3.63) is 28.8 Å². The van der Waals surface area contributed by atoms with Gasteiger partial charge in [0.25, 0.3) is 0 Å². The fraction of sp³-hybridized carbons (Fsp3) is 0.778. The van der Waals surface area contributed by atoms with E-state index >= 15 is 0 Å². The van der Waals surface area contributed by atoms with Gasteiger partial charge in [-0.3, -0.25) is 0 Å². The molecule has 0 spiro atoms. The lowest BCUT2D eigenvalue weighted by Gasteiger charge is -2.13. The van der Waals surface area contributed by atoms with Gasteiger partial charge in [-0.15, -0.1) is 0 Å². The molecule has 1 rings (SSSR count). The summed E-state index contributed by atoms with van der Waals surface area (Å²) < 4.78 is 5.97. The Labute approximate surface area is 181 Å². The van der Waals surface area contributed by atoms with Crippen LogP contribution in [0.15, 0.2) is 12.1 Å². The first kappa shape index (κ1) is 26.0. The van der Waals surface area contributed by atoms with Gasteiger partial charge in [0.15, 0.2) is 0 Å². The van der Waals surface area contributed by atoms with Gasteiger partial charge in [0.05, 0.1) is 13.2 Å². The summed E-state index contributed by atoms with van der Waals surface area (Å²) in [7, 11) is 0. The summed E-state index contributed by atoms with van der Waals surface area (Å²) in [6.45, 7) is 7.33. The van der Waals surface area contributed by atoms with Crippen molar-refractivity contribution in [3.63, 3.8) is 0 Å². The minimum Gasteiger partial charge on any atom is -0.493 e. The quantitative estimate of drug-likeness (QED) is 0.234. The standard InChI is InChI=1S/C27H48O2/c1-4-5-6-7-8-9-10-11-12-13-14-15-16-17-18-19-20-29-27-22-26(23-28)21-24(2)25(27)3/h21-22,28H,4-20,23H2,1-3H3. The van der Waals surface area contributed by atoms with Gasteiger partial charge >= 0.3 is 0 Å². The topological polar surface area (TPSA) is 29.5 Å². The molecule has 29 heavy (non-hydrogen) atoms. The van der Waals surface area contributed by atoms with E-state index in [1.807, 2.05) is 12.1 Å². The zero-order valence-corrected chi connectivity index (χ0v) is 19.7. The number of aliphatic hydroxyl groups is 1. The minimum absolute atomic E-state index is 0.0799. The second-order valence-electron chi connectivity index (χ2n) is 8.85. The average Bonchev–Trinajstić information content (AvgIpc) is 2.73. The molecule has 0 unspecified atom stereocenters. The van der Waals surface area contributed by atoms with Crippen molar-refractivity contribution in [1.29, 1.82) is 0 Å². The van der Waals surface area contributed by atoms with E-state index in [1.165, 1.54) is 107 Å². The third kappa shape index (κ3) is 13.0. The van der Waals surface area contributed by atoms with Gasteiger partial charge < -0.3 is 9.84 Å². The summed E-state index contributed by atoms with van der Waals surface area (Å²) in [6.07, 6.45) is 22.2. The zero-order chi connectivity index (χ0) is 21.2. The second-order valence-corrected chi connectivity index (χ2v) is 8.85. The number of benzene rings is 1. The number of aryl methyl sites for hydroxylation is 1. The highest BCUT2D eigenvalue weighted by Gasteiger charge is 2.05. The third-order valence-electron chi connectivity index (χ3n) is 6.12. The molecule has 1 N–H and O–H groups in total. The fourth-order valence-electron chi connectivity index (χ4n) is 3.97. The largest absolute Gasteiger partial charge is 0.493 e. The molecule has 0 fully saturated rings. The van der Waals surface area contributed by atoms with E-state index in [0.717, 1.165) is 24.3 Å². The highest BCUT2D eigenvalue weighted by molar-refractivity contribution is 5.42. The Bertz CT molecular complexity index is 510. The Hall–Kier alpha value is -1.02. The zero-order valence-electron chi connectivity index (χ0n) is 19.7. The monoisotopic (exact) mass is 404 g/mol. The predicted molar refractivity (Wildman–Crippen MR) is 127 cm³/mol. The molecule has 0 aliphatic rings. The van der Waals surface area contributed by atoms with Crippen LogP contribution in [-0.4, -0.2) is 11.7 Å². The maximum absolute atomic E-state index is 9.34. The van der Waals surface area contributed by atoms with Crippen molar-refractivity contribution in [1.82, 2.24) is 0 Å². The van der Waals surface area contributed by atoms with Crippen LogP contribution in [-0.2, 0) is 6.61 Å². The van der Waals surface area contributed by atoms with Gasteiger partial charge in [-0.1, -0.05) is 109 Å². The lowest BCUT2D eigenvalue weighted by molar-refractivity contribution is 0.277. The molecule has 0 radical (unpaired) electrons. The first-order valence-corrected chi connectivity index (χ1v) is 12.5. The molecule has 0 saturated carbocycles. The molecule has 0 heterocycles. The number of ether oxygens (including phenoxy) is 1. The van der Waals surface area contributed by atoms with Crippen molar-refractivity contribution in [2.24, 2.45) is 0 Å². The fourth-order valence-corrected chi connectivity index (χ4v) is 3.97. The SMILES string of the molecule is CCCCCCCCCCCCCCCCCCOc1cc(CO)cc(C)c1C. The van der Waals surface area contributed by atoms with Crippen molar-refractivity contribution < 1.29 is 9.84 Å². The van der Waals surface area contributed by atoms with Gasteiger partial charge in [-0.05, 0) is 43.0 Å². The lowest BCUT2D eigenvalue weighted by Crippen LogP contribution is -2.01. The highest BCUT2D eigenvalue weighted by Crippen LogP contribution is 2.24. The Kier molecular flexibility index (Phi) is 16.0. The van der Waals surface area contributed by atoms with Crippen LogP contribution in [0.5, 0.6) is 5.75 Å². The molecule has 0 saturated heterocycles. The smallest absolute Gasteiger partial charge is 0.122 e. The number of unbranched alkanes of at least 4 members (excludes halogenated alkanes) is 15. The Morgan fingerprint density at radius 1 is 0.655 bits per heavy atom. The number of aliphatic hydroxyl groups excluding tert-OH is 1. The molecule has 1 aromatic carbocycles. The summed E-state index contributed by atoms with van der Waals surface area (Å²) >= 11 is 0. The summed E-state index contributed by atoms with van der Waals surface area (Å²) in [5.41, 5.74) is 3.33. The van der Waals surface area contributed by atoms with Gasteiger partial charge in [-0.25, -0.2) is 0 Å². The van der Waals surface area contributed by atoms with E-state index in [2.05, 4.69) is 20.8 Å². The van der Waals surface area contributed by atoms with Crippen LogP contribution >= 0.6 is 0 Å². The van der Waals surface area contributed by atoms with Crippen molar-refractivity contribution >= 4 is 0 Å². The highest BCUT2D eigenvalue weighted by atomic mass is 16.5. The van der Waals surface area contributed by atoms with Crippen molar-refractivity contribution in [2.75, 3.05) is 6.61 Å². The van der Waals surface area contributed by atoms with Gasteiger partial charge in [0, 0.05) is 0 Å². The van der Waals surface area contributed by atoms with E-state index in [4.69, 9.17) is 4.74 Å². The predicted octanol–water partition coefficient (Wildman–Crippen LogP) is 8.44. The summed E-state index contributed by atoms with van der Waals surface area (Å²) in [5.74, 6) is 0.940. The molecule has 0 bridgehead atoms. The molecule has 0 aliphatic carbocycles. The van der Waals surface area contributed by atoms with Gasteiger partial charge in [-0.2, -0.15) is 0 Å². The minimum atomic E-state index is 0.0799. The Morgan fingerprint density at radius 3 is 1.55 bits per heavy atom. The molecule has 0 aliphatic heterocycles. The van der Waals surface area contributed by atoms with E-state index < -0.39 is 0 Å². The lowest BCUT2D eigenvalue weighted by atomic mass is 10.0. The Morgan fingerprint density at radius 2 is 1.10 bits per heavy atom. The van der Waals surface area contributed by atoms with Crippen LogP contribution in [0.2, 0.25) is 0 Å². The molecule has 2 heteroatoms. The van der Waals surface area contributed by atoms with E-state index in [9.17, 15) is 5.11 Å². The van der Waals surface area contributed by atoms with Crippen molar-refractivity contribution in [2.45, 2.75) is 130 Å². The molecule has 2 nitrogen and oxygen atoms in total. The number of hydrogen-bond acceptors (Lipinski definition) is 2. The van der Waals surface area contributed by atoms with Crippen LogP contribution < -0.4 is 4.74 Å². The summed E-state index contributed by atoms with van der Waals surface area (Å²) in [5, 5.41) is 9.34. The molecule has 0 atom stereocenters. The summed E-state index contributed by atoms with van der Waals surface area (Å²) in [4.78, 5) is 0. The first-order chi connectivity index (χ1) is 14.2. The Balaban J connectivity index is 1.88. The van der Waals surface area contributed by atoms with Crippen LogP contribution in [0.25, 0.3) is 0 Å². The maximum atomic E-state index is 9.34. The van der Waals surface area contributed by atoms with Crippen LogP contribution in [0.3, 0.4) is 0 Å². The van der Waals surface area contributed by atoms with E-state index in [1.54, 1.807) is 0 Å². The summed E-state index contributed by atoms with van der Waals surface area (Å²) in [6, 6.07) is 4.02. The average molecular weight is 405 g/mol. The molecule has 0 amide bonds. The molecular formula is C27H48O2.